The summed E-state index contributed by atoms with van der Waals surface area (Å²) in [7, 11) is 0. The van der Waals surface area contributed by atoms with Gasteiger partial charge in [-0.25, -0.2) is 9.78 Å². The molecular weight excluding hydrogens is 583 g/mol. The van der Waals surface area contributed by atoms with Crippen molar-refractivity contribution in [2.24, 2.45) is 0 Å². The van der Waals surface area contributed by atoms with Crippen LogP contribution in [-0.4, -0.2) is 52.5 Å². The van der Waals surface area contributed by atoms with E-state index in [0.29, 0.717) is 49.6 Å². The first-order chi connectivity index (χ1) is 20.5. The zero-order chi connectivity index (χ0) is 30.7. The van der Waals surface area contributed by atoms with Crippen molar-refractivity contribution < 1.29 is 19.1 Å². The first kappa shape index (κ1) is 30.7. The van der Waals surface area contributed by atoms with Gasteiger partial charge in [-0.05, 0) is 63.1 Å². The van der Waals surface area contributed by atoms with Crippen molar-refractivity contribution in [3.05, 3.63) is 64.5 Å². The van der Waals surface area contributed by atoms with Crippen LogP contribution in [0.5, 0.6) is 0 Å². The smallest absolute Gasteiger partial charge is 0.410 e. The van der Waals surface area contributed by atoms with Gasteiger partial charge in [0.25, 0.3) is 5.91 Å². The van der Waals surface area contributed by atoms with Crippen LogP contribution < -0.4 is 16.0 Å². The second-order valence-corrected chi connectivity index (χ2v) is 13.9. The van der Waals surface area contributed by atoms with E-state index >= 15 is 0 Å². The molecule has 1 aliphatic rings. The van der Waals surface area contributed by atoms with Gasteiger partial charge in [0, 0.05) is 47.2 Å². The molecule has 0 saturated carbocycles. The predicted molar refractivity (Wildman–Crippen MR) is 174 cm³/mol. The molecule has 0 saturated heterocycles. The van der Waals surface area contributed by atoms with Crippen LogP contribution in [0.2, 0.25) is 0 Å². The quantitative estimate of drug-likeness (QED) is 0.198. The lowest BCUT2D eigenvalue weighted by Crippen LogP contribution is -2.39. The molecule has 3 N–H and O–H groups in total. The number of aromatic nitrogens is 1. The number of benzene rings is 2. The Morgan fingerprint density at radius 3 is 2.53 bits per heavy atom. The third-order valence-corrected chi connectivity index (χ3v) is 8.95. The number of hydrogen-bond donors (Lipinski definition) is 3. The molecule has 2 aromatic carbocycles. The van der Waals surface area contributed by atoms with Crippen molar-refractivity contribution in [1.29, 1.82) is 0 Å². The topological polar surface area (TPSA) is 113 Å². The maximum atomic E-state index is 13.0. The molecule has 5 rings (SSSR count). The number of nitrogens with one attached hydrogen (secondary N) is 3. The number of amides is 3. The maximum Gasteiger partial charge on any atom is 0.410 e. The molecule has 0 spiro atoms. The van der Waals surface area contributed by atoms with Gasteiger partial charge in [0.2, 0.25) is 5.91 Å². The molecule has 9 nitrogen and oxygen atoms in total. The number of ether oxygens (including phenoxy) is 1. The Labute approximate surface area is 259 Å². The highest BCUT2D eigenvalue weighted by molar-refractivity contribution is 7.23. The molecule has 2 aromatic heterocycles. The van der Waals surface area contributed by atoms with Crippen LogP contribution in [0, 0.1) is 0 Å². The molecule has 4 aromatic rings. The van der Waals surface area contributed by atoms with Gasteiger partial charge in [-0.15, -0.1) is 22.7 Å². The summed E-state index contributed by atoms with van der Waals surface area (Å²) in [5, 5.41) is 10.8. The van der Waals surface area contributed by atoms with Crippen molar-refractivity contribution in [2.45, 2.75) is 65.6 Å². The molecule has 0 radical (unpaired) electrons. The van der Waals surface area contributed by atoms with Crippen LogP contribution in [0.4, 0.5) is 15.5 Å². The molecule has 0 bridgehead atoms. The summed E-state index contributed by atoms with van der Waals surface area (Å²) in [6.45, 7) is 11.1. The first-order valence-electron chi connectivity index (χ1n) is 14.4. The number of anilines is 2. The number of thiazole rings is 1. The number of hydrogen-bond acceptors (Lipinski definition) is 8. The van der Waals surface area contributed by atoms with Crippen LogP contribution >= 0.6 is 22.7 Å². The lowest BCUT2D eigenvalue weighted by atomic mass is 10.0. The van der Waals surface area contributed by atoms with Crippen LogP contribution in [0.25, 0.3) is 20.8 Å². The maximum absolute atomic E-state index is 13.0. The third-order valence-electron chi connectivity index (χ3n) is 6.76. The average molecular weight is 620 g/mol. The largest absolute Gasteiger partial charge is 0.444 e. The zero-order valence-corrected chi connectivity index (χ0v) is 26.7. The highest BCUT2D eigenvalue weighted by atomic mass is 32.1. The molecule has 0 fully saturated rings. The van der Waals surface area contributed by atoms with E-state index < -0.39 is 5.60 Å². The molecule has 3 heterocycles. The fourth-order valence-electron chi connectivity index (χ4n) is 4.76. The predicted octanol–water partition coefficient (Wildman–Crippen LogP) is 6.90. The summed E-state index contributed by atoms with van der Waals surface area (Å²) in [5.74, 6) is -0.293. The first-order valence-corrected chi connectivity index (χ1v) is 16.0. The van der Waals surface area contributed by atoms with Gasteiger partial charge >= 0.3 is 6.09 Å². The van der Waals surface area contributed by atoms with Gasteiger partial charge in [-0.2, -0.15) is 0 Å². The Morgan fingerprint density at radius 2 is 1.81 bits per heavy atom. The monoisotopic (exact) mass is 619 g/mol. The van der Waals surface area contributed by atoms with E-state index in [9.17, 15) is 14.4 Å². The van der Waals surface area contributed by atoms with E-state index in [1.54, 1.807) is 17.0 Å². The summed E-state index contributed by atoms with van der Waals surface area (Å²) >= 11 is 3.01. The molecule has 226 valence electrons. The Kier molecular flexibility index (Phi) is 9.14. The highest BCUT2D eigenvalue weighted by Crippen LogP contribution is 2.46. The molecular formula is C32H37N5O4S2. The fourth-order valence-corrected chi connectivity index (χ4v) is 7.13. The lowest BCUT2D eigenvalue weighted by molar-refractivity contribution is -0.116. The second kappa shape index (κ2) is 12.8. The van der Waals surface area contributed by atoms with Gasteiger partial charge in [0.15, 0.2) is 0 Å². The van der Waals surface area contributed by atoms with Crippen molar-refractivity contribution >= 4 is 61.5 Å². The Hall–Kier alpha value is -3.80. The van der Waals surface area contributed by atoms with Crippen molar-refractivity contribution in [3.63, 3.8) is 0 Å². The van der Waals surface area contributed by atoms with E-state index in [0.717, 1.165) is 36.4 Å². The van der Waals surface area contributed by atoms with Gasteiger partial charge in [-0.3, -0.25) is 9.59 Å². The lowest BCUT2D eigenvalue weighted by Gasteiger charge is -2.30. The zero-order valence-electron chi connectivity index (χ0n) is 25.1. The molecule has 11 heteroatoms. The number of rotatable bonds is 8. The number of para-hydroxylation sites is 1. The molecule has 0 atom stereocenters. The summed E-state index contributed by atoms with van der Waals surface area (Å²) in [5.41, 5.74) is 3.34. The standard InChI is InChI=1S/C32H37N5O4S2/c1-19(2)33-15-13-26(38)36-30-27(22-14-16-37(18-25(22)43-30)31(40)41-32(3,4)5)29-35-23-17-20(11-12-24(23)42-29)28(39)34-21-9-7-6-8-10-21/h6-12,17,19,33H,13-16,18H2,1-5H3,(H,34,39)(H,36,38). The van der Waals surface area contributed by atoms with Gasteiger partial charge in [-0.1, -0.05) is 32.0 Å². The van der Waals surface area contributed by atoms with Gasteiger partial charge in [0.1, 0.15) is 15.6 Å². The third kappa shape index (κ3) is 7.59. The highest BCUT2D eigenvalue weighted by Gasteiger charge is 2.31. The molecule has 43 heavy (non-hydrogen) atoms. The van der Waals surface area contributed by atoms with E-state index in [2.05, 4.69) is 16.0 Å². The van der Waals surface area contributed by atoms with Crippen LogP contribution in [0.3, 0.4) is 0 Å². The summed E-state index contributed by atoms with van der Waals surface area (Å²) < 4.78 is 6.56. The minimum Gasteiger partial charge on any atom is -0.444 e. The minimum atomic E-state index is -0.584. The summed E-state index contributed by atoms with van der Waals surface area (Å²) in [6, 6.07) is 15.1. The average Bonchev–Trinajstić information content (AvgIpc) is 3.51. The normalized spacial score (nSPS) is 13.2. The van der Waals surface area contributed by atoms with Crippen molar-refractivity contribution in [2.75, 3.05) is 23.7 Å². The SMILES string of the molecule is CC(C)NCCC(=O)Nc1sc2c(c1-c1nc3cc(C(=O)Nc4ccccc4)ccc3s1)CCN(C(=O)OC(C)(C)C)C2. The van der Waals surface area contributed by atoms with Gasteiger partial charge < -0.3 is 25.6 Å². The number of carbonyl (C=O) groups excluding carboxylic acids is 3. The number of nitrogens with zero attached hydrogens (tertiary/aromatic N) is 2. The molecule has 0 unspecified atom stereocenters. The Morgan fingerprint density at radius 1 is 1.05 bits per heavy atom. The van der Waals surface area contributed by atoms with Crippen LogP contribution in [0.15, 0.2) is 48.5 Å². The molecule has 0 aliphatic carbocycles. The van der Waals surface area contributed by atoms with E-state index in [1.165, 1.54) is 22.7 Å². The summed E-state index contributed by atoms with van der Waals surface area (Å²) in [6.07, 6.45) is 0.607. The Balaban J connectivity index is 1.45. The van der Waals surface area contributed by atoms with Crippen molar-refractivity contribution in [3.8, 4) is 10.6 Å². The Bertz CT molecular complexity index is 1640. The summed E-state index contributed by atoms with van der Waals surface area (Å²) in [4.78, 5) is 46.4. The fraction of sp³-hybridized carbons (Fsp3) is 0.375. The number of fused-ring (bicyclic) bond motifs is 2. The molecule has 1 aliphatic heterocycles. The van der Waals surface area contributed by atoms with E-state index in [4.69, 9.17) is 9.72 Å². The molecule has 3 amide bonds. The minimum absolute atomic E-state index is 0.0852. The van der Waals surface area contributed by atoms with Crippen molar-refractivity contribution in [1.82, 2.24) is 15.2 Å². The van der Waals surface area contributed by atoms with E-state index in [-0.39, 0.29) is 17.9 Å². The number of thiophene rings is 1. The second-order valence-electron chi connectivity index (χ2n) is 11.8. The van der Waals surface area contributed by atoms with Gasteiger partial charge in [0.05, 0.1) is 16.8 Å². The number of carbonyl (C=O) groups is 3. The van der Waals surface area contributed by atoms with Crippen LogP contribution in [0.1, 0.15) is 61.8 Å². The van der Waals surface area contributed by atoms with Crippen LogP contribution in [-0.2, 0) is 22.5 Å². The van der Waals surface area contributed by atoms with E-state index in [1.807, 2.05) is 71.0 Å².